The van der Waals surface area contributed by atoms with E-state index in [9.17, 15) is 9.59 Å². The molecule has 6 heteroatoms. The number of carbonyl (C=O) groups is 1. The molecular weight excluding hydrogens is 300 g/mol. The zero-order valence-corrected chi connectivity index (χ0v) is 13.6. The van der Waals surface area contributed by atoms with Crippen LogP contribution in [0.5, 0.6) is 0 Å². The summed E-state index contributed by atoms with van der Waals surface area (Å²) in [5, 5.41) is 9.18. The number of carboxylic acid groups (broad SMARTS) is 1. The third-order valence-electron chi connectivity index (χ3n) is 3.50. The molecule has 0 aliphatic carbocycles. The smallest absolute Gasteiger partial charge is 0.313 e. The molecule has 1 aromatic heterocycles. The lowest BCUT2D eigenvalue weighted by atomic mass is 10.0. The lowest BCUT2D eigenvalue weighted by molar-refractivity contribution is -0.133. The molecule has 22 heavy (non-hydrogen) atoms. The minimum absolute atomic E-state index is 0.114. The van der Waals surface area contributed by atoms with Crippen molar-refractivity contribution < 1.29 is 9.90 Å². The van der Waals surface area contributed by atoms with Gasteiger partial charge in [0.05, 0.1) is 5.75 Å². The van der Waals surface area contributed by atoms with Crippen molar-refractivity contribution >= 4 is 17.7 Å². The maximum absolute atomic E-state index is 12.5. The monoisotopic (exact) mass is 318 g/mol. The lowest BCUT2D eigenvalue weighted by Crippen LogP contribution is -2.26. The fraction of sp³-hybridized carbons (Fsp3) is 0.312. The van der Waals surface area contributed by atoms with Crippen LogP contribution >= 0.6 is 11.8 Å². The van der Waals surface area contributed by atoms with Gasteiger partial charge < -0.3 is 5.11 Å². The van der Waals surface area contributed by atoms with E-state index in [1.807, 2.05) is 31.2 Å². The average molecular weight is 318 g/mol. The number of aromatic nitrogens is 2. The van der Waals surface area contributed by atoms with E-state index in [1.54, 1.807) is 14.0 Å². The minimum Gasteiger partial charge on any atom is -0.481 e. The summed E-state index contributed by atoms with van der Waals surface area (Å²) in [5.41, 5.74) is 3.41. The molecular formula is C16H18N2O3S. The first-order valence-corrected chi connectivity index (χ1v) is 7.84. The van der Waals surface area contributed by atoms with Gasteiger partial charge in [-0.25, -0.2) is 4.98 Å². The zero-order valence-electron chi connectivity index (χ0n) is 12.8. The number of hydrogen-bond acceptors (Lipinski definition) is 4. The first-order valence-electron chi connectivity index (χ1n) is 6.85. The molecule has 0 radical (unpaired) electrons. The Morgan fingerprint density at radius 3 is 2.64 bits per heavy atom. The third-order valence-corrected chi connectivity index (χ3v) is 4.52. The Labute approximate surface area is 133 Å². The molecule has 1 heterocycles. The highest BCUT2D eigenvalue weighted by molar-refractivity contribution is 7.99. The van der Waals surface area contributed by atoms with Crippen molar-refractivity contribution in [1.29, 1.82) is 0 Å². The second-order valence-electron chi connectivity index (χ2n) is 5.11. The highest BCUT2D eigenvalue weighted by Crippen LogP contribution is 2.17. The van der Waals surface area contributed by atoms with Gasteiger partial charge in [0.1, 0.15) is 0 Å². The topological polar surface area (TPSA) is 72.2 Å². The Bertz CT molecular complexity index is 768. The summed E-state index contributed by atoms with van der Waals surface area (Å²) in [6.45, 7) is 3.81. The quantitative estimate of drug-likeness (QED) is 0.675. The highest BCUT2D eigenvalue weighted by Gasteiger charge is 2.14. The van der Waals surface area contributed by atoms with Crippen LogP contribution in [-0.4, -0.2) is 26.4 Å². The lowest BCUT2D eigenvalue weighted by Gasteiger charge is -2.12. The van der Waals surface area contributed by atoms with Gasteiger partial charge in [-0.05, 0) is 25.0 Å². The van der Waals surface area contributed by atoms with Crippen molar-refractivity contribution in [3.05, 3.63) is 57.0 Å². The van der Waals surface area contributed by atoms with Crippen LogP contribution in [0.2, 0.25) is 0 Å². The van der Waals surface area contributed by atoms with E-state index in [4.69, 9.17) is 5.11 Å². The van der Waals surface area contributed by atoms with Gasteiger partial charge >= 0.3 is 5.97 Å². The Balaban J connectivity index is 2.38. The van der Waals surface area contributed by atoms with Crippen LogP contribution in [0.15, 0.2) is 34.2 Å². The van der Waals surface area contributed by atoms with Gasteiger partial charge in [-0.1, -0.05) is 36.0 Å². The summed E-state index contributed by atoms with van der Waals surface area (Å²) >= 11 is 1.05. The average Bonchev–Trinajstić information content (AvgIpc) is 2.47. The SMILES string of the molecule is Cc1ccccc1Cc1c(C)nc(SCC(=O)O)n(C)c1=O. The number of benzene rings is 1. The standard InChI is InChI=1S/C16H18N2O3S/c1-10-6-4-5-7-12(10)8-13-11(2)17-16(18(3)15(13)21)22-9-14(19)20/h4-7H,8-9H2,1-3H3,(H,19,20). The van der Waals surface area contributed by atoms with Crippen molar-refractivity contribution in [3.8, 4) is 0 Å². The van der Waals surface area contributed by atoms with Gasteiger partial charge in [0.25, 0.3) is 5.56 Å². The molecule has 116 valence electrons. The van der Waals surface area contributed by atoms with Gasteiger partial charge in [-0.15, -0.1) is 0 Å². The van der Waals surface area contributed by atoms with E-state index >= 15 is 0 Å². The van der Waals surface area contributed by atoms with Gasteiger partial charge in [-0.2, -0.15) is 0 Å². The Morgan fingerprint density at radius 1 is 1.32 bits per heavy atom. The number of rotatable bonds is 5. The highest BCUT2D eigenvalue weighted by atomic mass is 32.2. The number of aliphatic carboxylic acids is 1. The molecule has 0 fully saturated rings. The molecule has 0 saturated heterocycles. The molecule has 0 bridgehead atoms. The van der Waals surface area contributed by atoms with E-state index in [1.165, 1.54) is 4.57 Å². The van der Waals surface area contributed by atoms with Crippen molar-refractivity contribution in [2.45, 2.75) is 25.4 Å². The van der Waals surface area contributed by atoms with E-state index in [0.717, 1.165) is 22.9 Å². The number of carboxylic acids is 1. The van der Waals surface area contributed by atoms with Crippen LogP contribution in [0.4, 0.5) is 0 Å². The maximum atomic E-state index is 12.5. The maximum Gasteiger partial charge on any atom is 0.313 e. The third kappa shape index (κ3) is 3.57. The van der Waals surface area contributed by atoms with Crippen LogP contribution in [0, 0.1) is 13.8 Å². The fourth-order valence-corrected chi connectivity index (χ4v) is 2.92. The summed E-state index contributed by atoms with van der Waals surface area (Å²) in [5.74, 6) is -1.04. The van der Waals surface area contributed by atoms with E-state index in [-0.39, 0.29) is 11.3 Å². The van der Waals surface area contributed by atoms with Crippen LogP contribution < -0.4 is 5.56 Å². The molecule has 1 N–H and O–H groups in total. The molecule has 0 atom stereocenters. The summed E-state index contributed by atoms with van der Waals surface area (Å²) in [6.07, 6.45) is 0.530. The van der Waals surface area contributed by atoms with Crippen molar-refractivity contribution in [1.82, 2.24) is 9.55 Å². The van der Waals surface area contributed by atoms with Gasteiger partial charge in [-0.3, -0.25) is 14.2 Å². The first-order chi connectivity index (χ1) is 10.4. The zero-order chi connectivity index (χ0) is 16.3. The summed E-state index contributed by atoms with van der Waals surface area (Å²) < 4.78 is 1.42. The van der Waals surface area contributed by atoms with Crippen LogP contribution in [0.1, 0.15) is 22.4 Å². The van der Waals surface area contributed by atoms with E-state index < -0.39 is 5.97 Å². The van der Waals surface area contributed by atoms with Crippen molar-refractivity contribution in [2.75, 3.05) is 5.75 Å². The molecule has 0 aliphatic rings. The van der Waals surface area contributed by atoms with Crippen molar-refractivity contribution in [2.24, 2.45) is 7.05 Å². The number of hydrogen-bond donors (Lipinski definition) is 1. The molecule has 0 amide bonds. The minimum atomic E-state index is -0.930. The second-order valence-corrected chi connectivity index (χ2v) is 6.05. The molecule has 2 rings (SSSR count). The number of nitrogens with zero attached hydrogens (tertiary/aromatic N) is 2. The molecule has 1 aromatic carbocycles. The van der Waals surface area contributed by atoms with Crippen LogP contribution in [0.3, 0.4) is 0 Å². The molecule has 2 aromatic rings. The number of aryl methyl sites for hydroxylation is 2. The predicted octanol–water partition coefficient (Wildman–Crippen LogP) is 2.16. The van der Waals surface area contributed by atoms with Crippen molar-refractivity contribution in [3.63, 3.8) is 0 Å². The van der Waals surface area contributed by atoms with E-state index in [0.29, 0.717) is 22.8 Å². The summed E-state index contributed by atoms with van der Waals surface area (Å²) in [7, 11) is 1.63. The summed E-state index contributed by atoms with van der Waals surface area (Å²) in [6, 6.07) is 7.93. The van der Waals surface area contributed by atoms with Gasteiger partial charge in [0.15, 0.2) is 5.16 Å². The van der Waals surface area contributed by atoms with E-state index in [2.05, 4.69) is 4.98 Å². The van der Waals surface area contributed by atoms with Gasteiger partial charge in [0, 0.05) is 24.7 Å². The number of thioether (sulfide) groups is 1. The predicted molar refractivity (Wildman–Crippen MR) is 86.6 cm³/mol. The fourth-order valence-electron chi connectivity index (χ4n) is 2.19. The van der Waals surface area contributed by atoms with Gasteiger partial charge in [0.2, 0.25) is 0 Å². The Morgan fingerprint density at radius 2 is 2.00 bits per heavy atom. The van der Waals surface area contributed by atoms with Crippen LogP contribution in [0.25, 0.3) is 0 Å². The molecule has 0 spiro atoms. The largest absolute Gasteiger partial charge is 0.481 e. The Kier molecular flexibility index (Phi) is 5.03. The summed E-state index contributed by atoms with van der Waals surface area (Å²) in [4.78, 5) is 27.6. The normalized spacial score (nSPS) is 10.7. The van der Waals surface area contributed by atoms with Crippen LogP contribution in [-0.2, 0) is 18.3 Å². The molecule has 0 saturated carbocycles. The molecule has 0 aliphatic heterocycles. The molecule has 5 nitrogen and oxygen atoms in total. The first kappa shape index (κ1) is 16.3. The second kappa shape index (κ2) is 6.79. The molecule has 0 unspecified atom stereocenters. The Hall–Kier alpha value is -2.08.